The number of aryl methyl sites for hydroxylation is 2. The SMILES string of the molecule is CCC(CO)C(c1cc(C)c(OC)cc1C)N(C)C. The van der Waals surface area contributed by atoms with E-state index in [2.05, 4.69) is 51.9 Å². The number of ether oxygens (including phenoxy) is 1. The Morgan fingerprint density at radius 3 is 2.26 bits per heavy atom. The van der Waals surface area contributed by atoms with Crippen LogP contribution in [0.3, 0.4) is 0 Å². The number of hydrogen-bond acceptors (Lipinski definition) is 3. The molecule has 1 aromatic rings. The van der Waals surface area contributed by atoms with Gasteiger partial charge in [-0.05, 0) is 57.1 Å². The van der Waals surface area contributed by atoms with E-state index in [4.69, 9.17) is 4.74 Å². The van der Waals surface area contributed by atoms with Crippen LogP contribution in [0, 0.1) is 19.8 Å². The van der Waals surface area contributed by atoms with Crippen LogP contribution in [0.2, 0.25) is 0 Å². The minimum absolute atomic E-state index is 0.212. The monoisotopic (exact) mass is 265 g/mol. The van der Waals surface area contributed by atoms with Gasteiger partial charge in [-0.25, -0.2) is 0 Å². The quantitative estimate of drug-likeness (QED) is 0.858. The van der Waals surface area contributed by atoms with Crippen LogP contribution >= 0.6 is 0 Å². The molecule has 0 heterocycles. The second-order valence-corrected chi connectivity index (χ2v) is 5.44. The van der Waals surface area contributed by atoms with Gasteiger partial charge in [0.2, 0.25) is 0 Å². The van der Waals surface area contributed by atoms with E-state index in [1.54, 1.807) is 7.11 Å². The topological polar surface area (TPSA) is 32.7 Å². The van der Waals surface area contributed by atoms with Crippen LogP contribution in [0.5, 0.6) is 5.75 Å². The molecule has 1 rings (SSSR count). The Hall–Kier alpha value is -1.06. The highest BCUT2D eigenvalue weighted by molar-refractivity contribution is 5.43. The molecule has 0 aromatic heterocycles. The molecule has 2 unspecified atom stereocenters. The van der Waals surface area contributed by atoms with Gasteiger partial charge in [-0.15, -0.1) is 0 Å². The van der Waals surface area contributed by atoms with E-state index in [0.717, 1.165) is 17.7 Å². The van der Waals surface area contributed by atoms with Gasteiger partial charge in [-0.2, -0.15) is 0 Å². The molecule has 0 fully saturated rings. The molecule has 0 spiro atoms. The number of benzene rings is 1. The van der Waals surface area contributed by atoms with Gasteiger partial charge >= 0.3 is 0 Å². The molecule has 0 amide bonds. The molecule has 1 aromatic carbocycles. The number of rotatable bonds is 6. The minimum Gasteiger partial charge on any atom is -0.496 e. The summed E-state index contributed by atoms with van der Waals surface area (Å²) in [5.74, 6) is 1.18. The molecular weight excluding hydrogens is 238 g/mol. The zero-order valence-electron chi connectivity index (χ0n) is 13.0. The lowest BCUT2D eigenvalue weighted by molar-refractivity contribution is 0.130. The Morgan fingerprint density at radius 2 is 1.84 bits per heavy atom. The van der Waals surface area contributed by atoms with Gasteiger partial charge < -0.3 is 14.7 Å². The molecule has 0 aliphatic rings. The fourth-order valence-corrected chi connectivity index (χ4v) is 2.76. The Morgan fingerprint density at radius 1 is 1.21 bits per heavy atom. The van der Waals surface area contributed by atoms with Crippen molar-refractivity contribution >= 4 is 0 Å². The summed E-state index contributed by atoms with van der Waals surface area (Å²) in [7, 11) is 5.84. The zero-order chi connectivity index (χ0) is 14.6. The minimum atomic E-state index is 0.212. The Balaban J connectivity index is 3.27. The van der Waals surface area contributed by atoms with Gasteiger partial charge in [-0.3, -0.25) is 0 Å². The van der Waals surface area contributed by atoms with Crippen LogP contribution in [0.4, 0.5) is 0 Å². The summed E-state index contributed by atoms with van der Waals surface area (Å²) in [6.07, 6.45) is 0.962. The predicted molar refractivity (Wildman–Crippen MR) is 79.8 cm³/mol. The molecule has 0 saturated carbocycles. The van der Waals surface area contributed by atoms with Crippen LogP contribution < -0.4 is 4.74 Å². The van der Waals surface area contributed by atoms with Gasteiger partial charge in [0, 0.05) is 18.6 Å². The summed E-state index contributed by atoms with van der Waals surface area (Å²) >= 11 is 0. The Bertz CT molecular complexity index is 411. The van der Waals surface area contributed by atoms with Gasteiger partial charge in [0.05, 0.1) is 7.11 Å². The molecule has 3 nitrogen and oxygen atoms in total. The van der Waals surface area contributed by atoms with E-state index >= 15 is 0 Å². The van der Waals surface area contributed by atoms with Crippen LogP contribution in [0.15, 0.2) is 12.1 Å². The Kier molecular flexibility index (Phi) is 5.83. The molecular formula is C16H27NO2. The highest BCUT2D eigenvalue weighted by Gasteiger charge is 2.25. The standard InChI is InChI=1S/C16H27NO2/c1-7-13(10-18)16(17(4)5)14-8-12(3)15(19-6)9-11(14)2/h8-9,13,16,18H,7,10H2,1-6H3. The lowest BCUT2D eigenvalue weighted by Crippen LogP contribution is -2.30. The van der Waals surface area contributed by atoms with Crippen molar-refractivity contribution in [2.45, 2.75) is 33.2 Å². The summed E-state index contributed by atoms with van der Waals surface area (Å²) in [6.45, 7) is 6.51. The summed E-state index contributed by atoms with van der Waals surface area (Å²) in [5.41, 5.74) is 3.64. The first-order chi connectivity index (χ1) is 8.96. The second kappa shape index (κ2) is 6.92. The molecule has 1 N–H and O–H groups in total. The molecule has 0 aliphatic carbocycles. The van der Waals surface area contributed by atoms with Gasteiger partial charge in [-0.1, -0.05) is 13.0 Å². The number of aliphatic hydroxyl groups excluding tert-OH is 1. The van der Waals surface area contributed by atoms with Crippen molar-refractivity contribution in [3.05, 3.63) is 28.8 Å². The van der Waals surface area contributed by atoms with Crippen molar-refractivity contribution < 1.29 is 9.84 Å². The number of nitrogens with zero attached hydrogens (tertiary/aromatic N) is 1. The fourth-order valence-electron chi connectivity index (χ4n) is 2.76. The first-order valence-electron chi connectivity index (χ1n) is 6.88. The molecule has 3 heteroatoms. The maximum absolute atomic E-state index is 9.62. The van der Waals surface area contributed by atoms with Crippen molar-refractivity contribution in [2.24, 2.45) is 5.92 Å². The van der Waals surface area contributed by atoms with Crippen LogP contribution in [-0.4, -0.2) is 37.8 Å². The number of aliphatic hydroxyl groups is 1. The number of methoxy groups -OCH3 is 1. The number of hydrogen-bond donors (Lipinski definition) is 1. The van der Waals surface area contributed by atoms with E-state index in [-0.39, 0.29) is 18.6 Å². The molecule has 0 aliphatic heterocycles. The van der Waals surface area contributed by atoms with Crippen molar-refractivity contribution in [3.63, 3.8) is 0 Å². The van der Waals surface area contributed by atoms with Crippen LogP contribution in [-0.2, 0) is 0 Å². The van der Waals surface area contributed by atoms with Crippen molar-refractivity contribution in [1.29, 1.82) is 0 Å². The van der Waals surface area contributed by atoms with E-state index in [9.17, 15) is 5.11 Å². The van der Waals surface area contributed by atoms with E-state index in [1.165, 1.54) is 11.1 Å². The first kappa shape index (κ1) is 16.0. The van der Waals surface area contributed by atoms with Crippen molar-refractivity contribution in [1.82, 2.24) is 4.90 Å². The van der Waals surface area contributed by atoms with Crippen molar-refractivity contribution in [3.8, 4) is 5.75 Å². The molecule has 0 saturated heterocycles. The van der Waals surface area contributed by atoms with Crippen LogP contribution in [0.1, 0.15) is 36.1 Å². The fraction of sp³-hybridized carbons (Fsp3) is 0.625. The van der Waals surface area contributed by atoms with Crippen LogP contribution in [0.25, 0.3) is 0 Å². The third-order valence-corrected chi connectivity index (χ3v) is 3.86. The van der Waals surface area contributed by atoms with Gasteiger partial charge in [0.25, 0.3) is 0 Å². The smallest absolute Gasteiger partial charge is 0.122 e. The first-order valence-corrected chi connectivity index (χ1v) is 6.88. The van der Waals surface area contributed by atoms with E-state index < -0.39 is 0 Å². The maximum atomic E-state index is 9.62. The lowest BCUT2D eigenvalue weighted by atomic mass is 9.87. The molecule has 2 atom stereocenters. The second-order valence-electron chi connectivity index (χ2n) is 5.44. The zero-order valence-corrected chi connectivity index (χ0v) is 13.0. The highest BCUT2D eigenvalue weighted by atomic mass is 16.5. The van der Waals surface area contributed by atoms with E-state index in [1.807, 2.05) is 0 Å². The van der Waals surface area contributed by atoms with Gasteiger partial charge in [0.15, 0.2) is 0 Å². The molecule has 0 bridgehead atoms. The summed E-state index contributed by atoms with van der Waals surface area (Å²) in [5, 5.41) is 9.62. The Labute approximate surface area is 117 Å². The largest absolute Gasteiger partial charge is 0.496 e. The third-order valence-electron chi connectivity index (χ3n) is 3.86. The average molecular weight is 265 g/mol. The summed E-state index contributed by atoms with van der Waals surface area (Å²) in [6, 6.07) is 4.52. The predicted octanol–water partition coefficient (Wildman–Crippen LogP) is 2.93. The third kappa shape index (κ3) is 3.48. The normalized spacial score (nSPS) is 14.5. The van der Waals surface area contributed by atoms with E-state index in [0.29, 0.717) is 0 Å². The summed E-state index contributed by atoms with van der Waals surface area (Å²) in [4.78, 5) is 2.19. The lowest BCUT2D eigenvalue weighted by Gasteiger charge is -2.32. The molecule has 19 heavy (non-hydrogen) atoms. The molecule has 108 valence electrons. The average Bonchev–Trinajstić information content (AvgIpc) is 2.38. The van der Waals surface area contributed by atoms with Gasteiger partial charge in [0.1, 0.15) is 5.75 Å². The summed E-state index contributed by atoms with van der Waals surface area (Å²) < 4.78 is 5.37. The van der Waals surface area contributed by atoms with Crippen molar-refractivity contribution in [2.75, 3.05) is 27.8 Å². The highest BCUT2D eigenvalue weighted by Crippen LogP contribution is 2.34. The maximum Gasteiger partial charge on any atom is 0.122 e. The molecule has 0 radical (unpaired) electrons.